The van der Waals surface area contributed by atoms with Crippen LogP contribution in [-0.4, -0.2) is 44.9 Å². The summed E-state index contributed by atoms with van der Waals surface area (Å²) >= 11 is 0. The number of ether oxygens (including phenoxy) is 1. The molecule has 8 heteroatoms. The van der Waals surface area contributed by atoms with Gasteiger partial charge in [0, 0.05) is 11.7 Å². The highest BCUT2D eigenvalue weighted by atomic mass is 32.2. The number of nitrogens with one attached hydrogen (secondary N) is 1. The molecule has 1 atom stereocenters. The first-order valence-corrected chi connectivity index (χ1v) is 8.19. The van der Waals surface area contributed by atoms with Gasteiger partial charge in [-0.15, -0.1) is 0 Å². The number of carbonyl (C=O) groups excluding carboxylic acids is 1. The zero-order chi connectivity index (χ0) is 15.0. The lowest BCUT2D eigenvalue weighted by molar-refractivity contribution is 0.0963. The van der Waals surface area contributed by atoms with Crippen molar-refractivity contribution in [1.29, 1.82) is 0 Å². The Hall–Kier alpha value is -1.64. The quantitative estimate of drug-likeness (QED) is 0.823. The summed E-state index contributed by atoms with van der Waals surface area (Å²) in [6, 6.07) is 6.08. The van der Waals surface area contributed by atoms with E-state index in [2.05, 4.69) is 4.72 Å². The van der Waals surface area contributed by atoms with Crippen molar-refractivity contribution >= 4 is 21.8 Å². The van der Waals surface area contributed by atoms with E-state index in [0.717, 1.165) is 12.8 Å². The normalized spacial score (nSPS) is 22.4. The highest BCUT2D eigenvalue weighted by Gasteiger charge is 2.32. The van der Waals surface area contributed by atoms with Crippen LogP contribution in [0.3, 0.4) is 0 Å². The molecule has 0 spiro atoms. The molecule has 114 valence electrons. The number of aliphatic hydroxyl groups excluding tert-OH is 1. The zero-order valence-electron chi connectivity index (χ0n) is 11.2. The Bertz CT molecular complexity index is 639. The van der Waals surface area contributed by atoms with Crippen molar-refractivity contribution in [3.8, 4) is 0 Å². The molecule has 1 heterocycles. The third-order valence-electron chi connectivity index (χ3n) is 3.44. The van der Waals surface area contributed by atoms with Crippen molar-refractivity contribution in [2.75, 3.05) is 18.1 Å². The van der Waals surface area contributed by atoms with Gasteiger partial charge in [0.25, 0.3) is 0 Å². The van der Waals surface area contributed by atoms with E-state index in [1.807, 2.05) is 0 Å². The number of hydrogen-bond donors (Lipinski definition) is 2. The van der Waals surface area contributed by atoms with Crippen molar-refractivity contribution in [1.82, 2.24) is 4.72 Å². The molecule has 1 saturated carbocycles. The molecular formula is C13H16N2O5S. The number of nitrogens with zero attached hydrogens (tertiary/aromatic N) is 1. The van der Waals surface area contributed by atoms with E-state index < -0.39 is 22.2 Å². The molecule has 0 unspecified atom stereocenters. The SMILES string of the molecule is O=C1O[C@H](CO)CN1c1ccc(S(=O)(=O)NC2CC2)cc1. The molecule has 0 radical (unpaired) electrons. The number of sulfonamides is 1. The Kier molecular flexibility index (Phi) is 3.60. The summed E-state index contributed by atoms with van der Waals surface area (Å²) in [6.45, 7) is 0.0156. The topological polar surface area (TPSA) is 95.9 Å². The first kappa shape index (κ1) is 14.3. The molecule has 3 rings (SSSR count). The van der Waals surface area contributed by atoms with Crippen LogP contribution in [0.25, 0.3) is 0 Å². The fourth-order valence-electron chi connectivity index (χ4n) is 2.12. The lowest BCUT2D eigenvalue weighted by atomic mass is 10.3. The van der Waals surface area contributed by atoms with Gasteiger partial charge < -0.3 is 9.84 Å². The number of benzene rings is 1. The van der Waals surface area contributed by atoms with Crippen LogP contribution in [0.5, 0.6) is 0 Å². The number of cyclic esters (lactones) is 1. The van der Waals surface area contributed by atoms with Crippen molar-refractivity contribution in [2.24, 2.45) is 0 Å². The van der Waals surface area contributed by atoms with Crippen LogP contribution in [0.15, 0.2) is 29.2 Å². The first-order chi connectivity index (χ1) is 9.99. The van der Waals surface area contributed by atoms with Gasteiger partial charge in [-0.2, -0.15) is 0 Å². The lowest BCUT2D eigenvalue weighted by Gasteiger charge is -2.13. The molecule has 2 aliphatic rings. The molecule has 1 saturated heterocycles. The molecule has 7 nitrogen and oxygen atoms in total. The van der Waals surface area contributed by atoms with Gasteiger partial charge >= 0.3 is 6.09 Å². The van der Waals surface area contributed by atoms with Crippen LogP contribution >= 0.6 is 0 Å². The fraction of sp³-hybridized carbons (Fsp3) is 0.462. The minimum Gasteiger partial charge on any atom is -0.441 e. The maximum absolute atomic E-state index is 12.0. The van der Waals surface area contributed by atoms with Crippen LogP contribution in [0.2, 0.25) is 0 Å². The number of aliphatic hydroxyl groups is 1. The Morgan fingerprint density at radius 1 is 1.29 bits per heavy atom. The molecule has 1 aliphatic carbocycles. The maximum atomic E-state index is 12.0. The predicted molar refractivity (Wildman–Crippen MR) is 74.5 cm³/mol. The third kappa shape index (κ3) is 3.02. The van der Waals surface area contributed by atoms with E-state index in [-0.39, 0.29) is 24.1 Å². The first-order valence-electron chi connectivity index (χ1n) is 6.71. The Morgan fingerprint density at radius 2 is 1.95 bits per heavy atom. The summed E-state index contributed by atoms with van der Waals surface area (Å²) in [4.78, 5) is 13.2. The van der Waals surface area contributed by atoms with Gasteiger partial charge in [0.05, 0.1) is 18.0 Å². The van der Waals surface area contributed by atoms with E-state index in [1.54, 1.807) is 12.1 Å². The molecule has 1 aromatic carbocycles. The molecule has 21 heavy (non-hydrogen) atoms. The smallest absolute Gasteiger partial charge is 0.414 e. The van der Waals surface area contributed by atoms with Crippen LogP contribution in [0.4, 0.5) is 10.5 Å². The fourth-order valence-corrected chi connectivity index (χ4v) is 3.43. The van der Waals surface area contributed by atoms with Crippen molar-refractivity contribution in [2.45, 2.75) is 29.9 Å². The summed E-state index contributed by atoms with van der Waals surface area (Å²) < 4.78 is 31.6. The van der Waals surface area contributed by atoms with Gasteiger partial charge in [-0.1, -0.05) is 0 Å². The zero-order valence-corrected chi connectivity index (χ0v) is 12.0. The Morgan fingerprint density at radius 3 is 2.48 bits per heavy atom. The van der Waals surface area contributed by atoms with E-state index in [4.69, 9.17) is 9.84 Å². The second-order valence-electron chi connectivity index (χ2n) is 5.19. The minimum absolute atomic E-state index is 0.0496. The van der Waals surface area contributed by atoms with Crippen LogP contribution in [0.1, 0.15) is 12.8 Å². The number of rotatable bonds is 5. The van der Waals surface area contributed by atoms with Crippen LogP contribution in [0, 0.1) is 0 Å². The maximum Gasteiger partial charge on any atom is 0.414 e. The Labute approximate surface area is 122 Å². The van der Waals surface area contributed by atoms with Gasteiger partial charge in [0.2, 0.25) is 10.0 Å². The molecule has 1 aromatic rings. The average molecular weight is 312 g/mol. The minimum atomic E-state index is -3.49. The summed E-state index contributed by atoms with van der Waals surface area (Å²) in [5, 5.41) is 9.00. The van der Waals surface area contributed by atoms with Gasteiger partial charge in [0.1, 0.15) is 6.10 Å². The molecule has 2 fully saturated rings. The molecule has 1 aliphatic heterocycles. The predicted octanol–water partition coefficient (Wildman–Crippen LogP) is 0.445. The molecule has 1 amide bonds. The van der Waals surface area contributed by atoms with Crippen molar-refractivity contribution in [3.05, 3.63) is 24.3 Å². The monoisotopic (exact) mass is 312 g/mol. The number of carbonyl (C=O) groups is 1. The van der Waals surface area contributed by atoms with Gasteiger partial charge in [-0.25, -0.2) is 17.9 Å². The highest BCUT2D eigenvalue weighted by molar-refractivity contribution is 7.89. The number of hydrogen-bond acceptors (Lipinski definition) is 5. The van der Waals surface area contributed by atoms with E-state index >= 15 is 0 Å². The van der Waals surface area contributed by atoms with E-state index in [0.29, 0.717) is 5.69 Å². The molecule has 0 bridgehead atoms. The highest BCUT2D eigenvalue weighted by Crippen LogP contribution is 2.25. The van der Waals surface area contributed by atoms with E-state index in [9.17, 15) is 13.2 Å². The second-order valence-corrected chi connectivity index (χ2v) is 6.90. The summed E-state index contributed by atoms with van der Waals surface area (Å²) in [5.74, 6) is 0. The molecule has 0 aromatic heterocycles. The molecule has 2 N–H and O–H groups in total. The van der Waals surface area contributed by atoms with Crippen molar-refractivity contribution < 1.29 is 23.1 Å². The van der Waals surface area contributed by atoms with Crippen LogP contribution < -0.4 is 9.62 Å². The summed E-state index contributed by atoms with van der Waals surface area (Å²) in [5.41, 5.74) is 0.543. The number of amides is 1. The van der Waals surface area contributed by atoms with Crippen molar-refractivity contribution in [3.63, 3.8) is 0 Å². The van der Waals surface area contributed by atoms with E-state index in [1.165, 1.54) is 17.0 Å². The second kappa shape index (κ2) is 5.28. The standard InChI is InChI=1S/C13H16N2O5S/c16-8-11-7-15(13(17)20-11)10-3-5-12(6-4-10)21(18,19)14-9-1-2-9/h3-6,9,11,14,16H,1-2,7-8H2/t11-/m0/s1. The van der Waals surface area contributed by atoms with Gasteiger partial charge in [-0.05, 0) is 37.1 Å². The van der Waals surface area contributed by atoms with Gasteiger partial charge in [-0.3, -0.25) is 4.90 Å². The lowest BCUT2D eigenvalue weighted by Crippen LogP contribution is -2.27. The third-order valence-corrected chi connectivity index (χ3v) is 4.97. The number of anilines is 1. The summed E-state index contributed by atoms with van der Waals surface area (Å²) in [7, 11) is -3.49. The summed E-state index contributed by atoms with van der Waals surface area (Å²) in [6.07, 6.45) is 0.664. The van der Waals surface area contributed by atoms with Gasteiger partial charge in [0.15, 0.2) is 0 Å². The average Bonchev–Trinajstić information content (AvgIpc) is 3.18. The van der Waals surface area contributed by atoms with Crippen LogP contribution in [-0.2, 0) is 14.8 Å². The Balaban J connectivity index is 1.76. The largest absolute Gasteiger partial charge is 0.441 e. The molecular weight excluding hydrogens is 296 g/mol.